The molecule has 2 aromatic rings. The van der Waals surface area contributed by atoms with Crippen molar-refractivity contribution in [3.05, 3.63) is 52.5 Å². The van der Waals surface area contributed by atoms with Gasteiger partial charge in [0, 0.05) is 5.02 Å². The maximum Gasteiger partial charge on any atom is 0.258 e. The molecule has 2 aromatic carbocycles. The molecule has 1 fully saturated rings. The minimum absolute atomic E-state index is 0.137. The highest BCUT2D eigenvalue weighted by Gasteiger charge is 2.38. The van der Waals surface area contributed by atoms with Crippen LogP contribution in [0.25, 0.3) is 0 Å². The van der Waals surface area contributed by atoms with E-state index in [2.05, 4.69) is 5.32 Å². The van der Waals surface area contributed by atoms with Crippen molar-refractivity contribution in [3.8, 4) is 17.2 Å². The summed E-state index contributed by atoms with van der Waals surface area (Å²) in [6, 6.07) is 10.3. The van der Waals surface area contributed by atoms with E-state index in [0.717, 1.165) is 37.0 Å². The lowest BCUT2D eigenvalue weighted by molar-refractivity contribution is -0.125. The fourth-order valence-electron chi connectivity index (χ4n) is 4.07. The zero-order chi connectivity index (χ0) is 21.1. The second-order valence-corrected chi connectivity index (χ2v) is 7.93. The fraction of sp³-hybridized carbons (Fsp3) is 0.364. The summed E-state index contributed by atoms with van der Waals surface area (Å²) < 4.78 is 16.9. The van der Waals surface area contributed by atoms with Gasteiger partial charge in [0.1, 0.15) is 19.0 Å². The number of rotatable bonds is 6. The molecule has 3 N–H and O–H groups in total. The topological polar surface area (TPSA) is 99.9 Å². The number of benzene rings is 2. The van der Waals surface area contributed by atoms with Gasteiger partial charge in [-0.2, -0.15) is 0 Å². The quantitative estimate of drug-likeness (QED) is 0.733. The SMILES string of the molecule is NC(=O)c1cc(Cl)ccc1OCC(=O)NC1(c2ccc3c(c2)OCCO3)CCCC1. The van der Waals surface area contributed by atoms with E-state index < -0.39 is 11.4 Å². The van der Waals surface area contributed by atoms with Crippen LogP contribution in [0.5, 0.6) is 17.2 Å². The minimum atomic E-state index is -0.670. The van der Waals surface area contributed by atoms with Crippen molar-refractivity contribution in [2.45, 2.75) is 31.2 Å². The van der Waals surface area contributed by atoms with Crippen molar-refractivity contribution in [2.75, 3.05) is 19.8 Å². The first-order valence-electron chi connectivity index (χ1n) is 9.90. The van der Waals surface area contributed by atoms with Gasteiger partial charge in [-0.3, -0.25) is 9.59 Å². The maximum atomic E-state index is 12.8. The normalized spacial score (nSPS) is 16.7. The first kappa shape index (κ1) is 20.3. The summed E-state index contributed by atoms with van der Waals surface area (Å²) in [5.41, 5.74) is 6.02. The van der Waals surface area contributed by atoms with E-state index in [0.29, 0.717) is 24.0 Å². The molecule has 0 unspecified atom stereocenters. The van der Waals surface area contributed by atoms with Gasteiger partial charge in [0.15, 0.2) is 18.1 Å². The number of halogens is 1. The number of carbonyl (C=O) groups is 2. The van der Waals surface area contributed by atoms with Crippen molar-refractivity contribution < 1.29 is 23.8 Å². The Balaban J connectivity index is 1.49. The van der Waals surface area contributed by atoms with Crippen molar-refractivity contribution in [2.24, 2.45) is 5.73 Å². The van der Waals surface area contributed by atoms with Crippen LogP contribution in [0.4, 0.5) is 0 Å². The van der Waals surface area contributed by atoms with E-state index in [1.165, 1.54) is 12.1 Å². The van der Waals surface area contributed by atoms with Crippen LogP contribution in [-0.4, -0.2) is 31.6 Å². The first-order chi connectivity index (χ1) is 14.5. The second kappa shape index (κ2) is 8.44. The van der Waals surface area contributed by atoms with Gasteiger partial charge in [0.05, 0.1) is 11.1 Å². The van der Waals surface area contributed by atoms with E-state index in [-0.39, 0.29) is 23.8 Å². The molecule has 1 aliphatic heterocycles. The Morgan fingerprint density at radius 3 is 2.53 bits per heavy atom. The third-order valence-corrected chi connectivity index (χ3v) is 5.73. The summed E-state index contributed by atoms with van der Waals surface area (Å²) in [7, 11) is 0. The predicted octanol–water partition coefficient (Wildman–Crippen LogP) is 3.17. The maximum absolute atomic E-state index is 12.8. The van der Waals surface area contributed by atoms with Gasteiger partial charge >= 0.3 is 0 Å². The summed E-state index contributed by atoms with van der Waals surface area (Å²) in [4.78, 5) is 24.4. The monoisotopic (exact) mass is 430 g/mol. The minimum Gasteiger partial charge on any atom is -0.486 e. The number of nitrogens with two attached hydrogens (primary N) is 1. The van der Waals surface area contributed by atoms with Gasteiger partial charge in [-0.1, -0.05) is 30.5 Å². The number of fused-ring (bicyclic) bond motifs is 1. The van der Waals surface area contributed by atoms with Crippen molar-refractivity contribution in [3.63, 3.8) is 0 Å². The average Bonchev–Trinajstić information content (AvgIpc) is 3.22. The van der Waals surface area contributed by atoms with Crippen molar-refractivity contribution >= 4 is 23.4 Å². The molecule has 2 aliphatic rings. The molecular weight excluding hydrogens is 408 g/mol. The molecule has 4 rings (SSSR count). The van der Waals surface area contributed by atoms with Crippen LogP contribution in [0.2, 0.25) is 5.02 Å². The molecule has 0 radical (unpaired) electrons. The van der Waals surface area contributed by atoms with E-state index in [1.54, 1.807) is 6.07 Å². The molecule has 0 aromatic heterocycles. The van der Waals surface area contributed by atoms with E-state index in [4.69, 9.17) is 31.5 Å². The molecule has 0 bridgehead atoms. The lowest BCUT2D eigenvalue weighted by Gasteiger charge is -2.32. The number of carbonyl (C=O) groups excluding carboxylic acids is 2. The third-order valence-electron chi connectivity index (χ3n) is 5.50. The molecule has 0 atom stereocenters. The molecule has 30 heavy (non-hydrogen) atoms. The van der Waals surface area contributed by atoms with Crippen LogP contribution in [0.3, 0.4) is 0 Å². The highest BCUT2D eigenvalue weighted by atomic mass is 35.5. The van der Waals surface area contributed by atoms with Crippen LogP contribution >= 0.6 is 11.6 Å². The van der Waals surface area contributed by atoms with Crippen molar-refractivity contribution in [1.82, 2.24) is 5.32 Å². The Hall–Kier alpha value is -2.93. The number of ether oxygens (including phenoxy) is 3. The van der Waals surface area contributed by atoms with Crippen LogP contribution < -0.4 is 25.3 Å². The molecule has 0 spiro atoms. The van der Waals surface area contributed by atoms with E-state index in [9.17, 15) is 9.59 Å². The standard InChI is InChI=1S/C22H23ClN2O5/c23-15-4-6-17(16(12-15)21(24)27)30-13-20(26)25-22(7-1-2-8-22)14-3-5-18-19(11-14)29-10-9-28-18/h3-6,11-12H,1-2,7-10,13H2,(H2,24,27)(H,25,26). The number of amides is 2. The molecular formula is C22H23ClN2O5. The second-order valence-electron chi connectivity index (χ2n) is 7.49. The van der Waals surface area contributed by atoms with Gasteiger partial charge in [0.2, 0.25) is 0 Å². The van der Waals surface area contributed by atoms with Gasteiger partial charge in [-0.25, -0.2) is 0 Å². The van der Waals surface area contributed by atoms with Crippen molar-refractivity contribution in [1.29, 1.82) is 0 Å². The molecule has 7 nitrogen and oxygen atoms in total. The van der Waals surface area contributed by atoms with Crippen LogP contribution in [0.1, 0.15) is 41.6 Å². The largest absolute Gasteiger partial charge is 0.486 e. The lowest BCUT2D eigenvalue weighted by Crippen LogP contribution is -2.45. The zero-order valence-electron chi connectivity index (χ0n) is 16.4. The van der Waals surface area contributed by atoms with E-state index in [1.807, 2.05) is 18.2 Å². The molecule has 0 saturated heterocycles. The smallest absolute Gasteiger partial charge is 0.258 e. The Morgan fingerprint density at radius 1 is 1.07 bits per heavy atom. The number of hydrogen-bond donors (Lipinski definition) is 2. The fourth-order valence-corrected chi connectivity index (χ4v) is 4.24. The zero-order valence-corrected chi connectivity index (χ0v) is 17.2. The summed E-state index contributed by atoms with van der Waals surface area (Å²) in [5.74, 6) is 0.688. The summed E-state index contributed by atoms with van der Waals surface area (Å²) in [6.45, 7) is 0.796. The Bertz CT molecular complexity index is 972. The third kappa shape index (κ3) is 4.16. The highest BCUT2D eigenvalue weighted by molar-refractivity contribution is 6.31. The Morgan fingerprint density at radius 2 is 1.80 bits per heavy atom. The number of hydrogen-bond acceptors (Lipinski definition) is 5. The first-order valence-corrected chi connectivity index (χ1v) is 10.3. The van der Waals surface area contributed by atoms with Crippen LogP contribution in [0, 0.1) is 0 Å². The van der Waals surface area contributed by atoms with Crippen LogP contribution in [0.15, 0.2) is 36.4 Å². The molecule has 1 heterocycles. The van der Waals surface area contributed by atoms with Gasteiger partial charge in [-0.15, -0.1) is 0 Å². The molecule has 1 saturated carbocycles. The van der Waals surface area contributed by atoms with E-state index >= 15 is 0 Å². The molecule has 2 amide bonds. The average molecular weight is 431 g/mol. The van der Waals surface area contributed by atoms with Gasteiger partial charge in [0.25, 0.3) is 11.8 Å². The van der Waals surface area contributed by atoms with Gasteiger partial charge < -0.3 is 25.3 Å². The number of nitrogens with one attached hydrogen (secondary N) is 1. The lowest BCUT2D eigenvalue weighted by atomic mass is 9.87. The molecule has 1 aliphatic carbocycles. The Labute approximate surface area is 179 Å². The number of primary amides is 1. The highest BCUT2D eigenvalue weighted by Crippen LogP contribution is 2.42. The summed E-state index contributed by atoms with van der Waals surface area (Å²) in [6.07, 6.45) is 3.68. The summed E-state index contributed by atoms with van der Waals surface area (Å²) >= 11 is 5.91. The Kier molecular flexibility index (Phi) is 5.72. The van der Waals surface area contributed by atoms with Crippen LogP contribution in [-0.2, 0) is 10.3 Å². The molecule has 8 heteroatoms. The summed E-state index contributed by atoms with van der Waals surface area (Å²) in [5, 5.41) is 3.51. The predicted molar refractivity (Wildman–Crippen MR) is 111 cm³/mol. The molecule has 158 valence electrons. The van der Waals surface area contributed by atoms with Gasteiger partial charge in [-0.05, 0) is 48.7 Å².